The van der Waals surface area contributed by atoms with E-state index in [1.807, 2.05) is 18.2 Å². The minimum Gasteiger partial charge on any atom is -0.481 e. The SMILES string of the molecule is O=C(O)CCc1cc(Br)ccc1I. The third kappa shape index (κ3) is 3.64. The van der Waals surface area contributed by atoms with Crippen LogP contribution in [-0.4, -0.2) is 11.1 Å². The number of aliphatic carboxylic acids is 1. The molecule has 4 heteroatoms. The maximum Gasteiger partial charge on any atom is 0.303 e. The summed E-state index contributed by atoms with van der Waals surface area (Å²) in [5, 5.41) is 8.52. The van der Waals surface area contributed by atoms with Crippen molar-refractivity contribution in [2.24, 2.45) is 0 Å². The summed E-state index contributed by atoms with van der Waals surface area (Å²) < 4.78 is 2.11. The van der Waals surface area contributed by atoms with Crippen LogP contribution in [0.1, 0.15) is 12.0 Å². The summed E-state index contributed by atoms with van der Waals surface area (Å²) in [5.41, 5.74) is 1.08. The van der Waals surface area contributed by atoms with Gasteiger partial charge in [0, 0.05) is 14.5 Å². The molecule has 1 aromatic carbocycles. The van der Waals surface area contributed by atoms with Crippen LogP contribution in [0, 0.1) is 3.57 Å². The molecular formula is C9H8BrIO2. The summed E-state index contributed by atoms with van der Waals surface area (Å²) in [6.07, 6.45) is 0.777. The number of benzene rings is 1. The van der Waals surface area contributed by atoms with Crippen molar-refractivity contribution in [1.82, 2.24) is 0 Å². The van der Waals surface area contributed by atoms with Crippen molar-refractivity contribution in [1.29, 1.82) is 0 Å². The van der Waals surface area contributed by atoms with Crippen LogP contribution in [0.4, 0.5) is 0 Å². The molecule has 0 amide bonds. The predicted octanol–water partition coefficient (Wildman–Crippen LogP) is 3.07. The third-order valence-electron chi connectivity index (χ3n) is 1.62. The average Bonchev–Trinajstić information content (AvgIpc) is 2.06. The maximum absolute atomic E-state index is 10.4. The Morgan fingerprint density at radius 1 is 1.54 bits per heavy atom. The summed E-state index contributed by atoms with van der Waals surface area (Å²) in [6.45, 7) is 0. The van der Waals surface area contributed by atoms with Crippen LogP contribution in [0.2, 0.25) is 0 Å². The summed E-state index contributed by atoms with van der Waals surface area (Å²) in [6, 6.07) is 5.89. The van der Waals surface area contributed by atoms with Crippen LogP contribution < -0.4 is 0 Å². The van der Waals surface area contributed by atoms with Gasteiger partial charge < -0.3 is 5.11 Å². The fourth-order valence-electron chi connectivity index (χ4n) is 0.976. The topological polar surface area (TPSA) is 37.3 Å². The van der Waals surface area contributed by atoms with Gasteiger partial charge in [0.05, 0.1) is 0 Å². The molecule has 0 aromatic heterocycles. The van der Waals surface area contributed by atoms with E-state index >= 15 is 0 Å². The highest BCUT2D eigenvalue weighted by molar-refractivity contribution is 14.1. The van der Waals surface area contributed by atoms with E-state index in [1.54, 1.807) is 0 Å². The third-order valence-corrected chi connectivity index (χ3v) is 3.16. The molecule has 0 saturated heterocycles. The fraction of sp³-hybridized carbons (Fsp3) is 0.222. The number of carbonyl (C=O) groups is 1. The number of hydrogen-bond donors (Lipinski definition) is 1. The van der Waals surface area contributed by atoms with E-state index < -0.39 is 5.97 Å². The van der Waals surface area contributed by atoms with Gasteiger partial charge in [0.25, 0.3) is 0 Å². The van der Waals surface area contributed by atoms with E-state index in [9.17, 15) is 4.79 Å². The smallest absolute Gasteiger partial charge is 0.303 e. The van der Waals surface area contributed by atoms with Crippen molar-refractivity contribution in [3.8, 4) is 0 Å². The summed E-state index contributed by atoms with van der Waals surface area (Å²) in [5.74, 6) is -0.754. The number of hydrogen-bond acceptors (Lipinski definition) is 1. The molecule has 1 aromatic rings. The van der Waals surface area contributed by atoms with Crippen molar-refractivity contribution in [3.63, 3.8) is 0 Å². The molecule has 0 radical (unpaired) electrons. The van der Waals surface area contributed by atoms with Crippen LogP contribution in [0.25, 0.3) is 0 Å². The Kier molecular flexibility index (Phi) is 4.18. The van der Waals surface area contributed by atoms with Crippen LogP contribution >= 0.6 is 38.5 Å². The average molecular weight is 355 g/mol. The summed E-state index contributed by atoms with van der Waals surface area (Å²) in [4.78, 5) is 10.4. The van der Waals surface area contributed by atoms with Crippen LogP contribution in [-0.2, 0) is 11.2 Å². The predicted molar refractivity (Wildman–Crippen MR) is 62.8 cm³/mol. The highest BCUT2D eigenvalue weighted by atomic mass is 127. The van der Waals surface area contributed by atoms with Gasteiger partial charge in [0.1, 0.15) is 0 Å². The molecule has 13 heavy (non-hydrogen) atoms. The summed E-state index contributed by atoms with van der Waals surface area (Å²) >= 11 is 5.56. The van der Waals surface area contributed by atoms with Gasteiger partial charge in [-0.2, -0.15) is 0 Å². The second-order valence-corrected chi connectivity index (χ2v) is 4.71. The molecule has 0 fully saturated rings. The second kappa shape index (κ2) is 4.95. The first-order valence-corrected chi connectivity index (χ1v) is 5.62. The molecule has 1 rings (SSSR count). The molecule has 0 heterocycles. The molecule has 0 aliphatic carbocycles. The first-order chi connectivity index (χ1) is 6.09. The van der Waals surface area contributed by atoms with Crippen LogP contribution in [0.5, 0.6) is 0 Å². The molecule has 0 atom stereocenters. The number of aryl methyl sites for hydroxylation is 1. The molecule has 0 aliphatic heterocycles. The highest BCUT2D eigenvalue weighted by Crippen LogP contribution is 2.19. The van der Waals surface area contributed by atoms with E-state index in [0.29, 0.717) is 6.42 Å². The Bertz CT molecular complexity index is 325. The Morgan fingerprint density at radius 3 is 2.85 bits per heavy atom. The molecule has 0 aliphatic rings. The lowest BCUT2D eigenvalue weighted by atomic mass is 10.1. The molecule has 70 valence electrons. The number of halogens is 2. The Morgan fingerprint density at radius 2 is 2.23 bits per heavy atom. The molecule has 2 nitrogen and oxygen atoms in total. The standard InChI is InChI=1S/C9H8BrIO2/c10-7-2-3-8(11)6(5-7)1-4-9(12)13/h2-3,5H,1,4H2,(H,12,13). The molecule has 0 saturated carbocycles. The van der Waals surface area contributed by atoms with Gasteiger partial charge in [-0.15, -0.1) is 0 Å². The van der Waals surface area contributed by atoms with Gasteiger partial charge >= 0.3 is 5.97 Å². The first kappa shape index (κ1) is 11.0. The van der Waals surface area contributed by atoms with Crippen LogP contribution in [0.15, 0.2) is 22.7 Å². The molecule has 1 N–H and O–H groups in total. The second-order valence-electron chi connectivity index (χ2n) is 2.63. The quantitative estimate of drug-likeness (QED) is 0.847. The zero-order valence-corrected chi connectivity index (χ0v) is 10.5. The van der Waals surface area contributed by atoms with E-state index in [4.69, 9.17) is 5.11 Å². The lowest BCUT2D eigenvalue weighted by molar-refractivity contribution is -0.136. The van der Waals surface area contributed by atoms with Gasteiger partial charge in [-0.1, -0.05) is 15.9 Å². The Labute approximate surface area is 98.6 Å². The first-order valence-electron chi connectivity index (χ1n) is 3.75. The van der Waals surface area contributed by atoms with Gasteiger partial charge in [-0.05, 0) is 52.8 Å². The van der Waals surface area contributed by atoms with Gasteiger partial charge in [0.2, 0.25) is 0 Å². The Balaban J connectivity index is 2.75. The fourth-order valence-corrected chi connectivity index (χ4v) is 1.99. The lowest BCUT2D eigenvalue weighted by Crippen LogP contribution is -1.98. The molecule has 0 spiro atoms. The molecular weight excluding hydrogens is 347 g/mol. The lowest BCUT2D eigenvalue weighted by Gasteiger charge is -2.02. The summed E-state index contributed by atoms with van der Waals surface area (Å²) in [7, 11) is 0. The number of carboxylic acid groups (broad SMARTS) is 1. The Hall–Kier alpha value is -0.100. The maximum atomic E-state index is 10.4. The van der Waals surface area contributed by atoms with Gasteiger partial charge in [0.15, 0.2) is 0 Å². The number of rotatable bonds is 3. The van der Waals surface area contributed by atoms with Crippen molar-refractivity contribution in [3.05, 3.63) is 31.8 Å². The van der Waals surface area contributed by atoms with E-state index in [2.05, 4.69) is 38.5 Å². The minimum absolute atomic E-state index is 0.187. The van der Waals surface area contributed by atoms with Crippen molar-refractivity contribution in [2.45, 2.75) is 12.8 Å². The van der Waals surface area contributed by atoms with E-state index in [-0.39, 0.29) is 6.42 Å². The largest absolute Gasteiger partial charge is 0.481 e. The van der Waals surface area contributed by atoms with Crippen molar-refractivity contribution >= 4 is 44.5 Å². The number of carboxylic acids is 1. The minimum atomic E-state index is -0.754. The van der Waals surface area contributed by atoms with Crippen molar-refractivity contribution in [2.75, 3.05) is 0 Å². The van der Waals surface area contributed by atoms with Gasteiger partial charge in [-0.25, -0.2) is 0 Å². The highest BCUT2D eigenvalue weighted by Gasteiger charge is 2.03. The van der Waals surface area contributed by atoms with Crippen LogP contribution in [0.3, 0.4) is 0 Å². The van der Waals surface area contributed by atoms with E-state index in [0.717, 1.165) is 13.6 Å². The monoisotopic (exact) mass is 354 g/mol. The van der Waals surface area contributed by atoms with E-state index in [1.165, 1.54) is 0 Å². The van der Waals surface area contributed by atoms with Gasteiger partial charge in [-0.3, -0.25) is 4.79 Å². The molecule has 0 unspecified atom stereocenters. The zero-order valence-electron chi connectivity index (χ0n) is 6.76. The normalized spacial score (nSPS) is 10.0. The zero-order chi connectivity index (χ0) is 9.84. The van der Waals surface area contributed by atoms with Crippen molar-refractivity contribution < 1.29 is 9.90 Å². The molecule has 0 bridgehead atoms.